The molecule has 1 N–H and O–H groups in total. The van der Waals surface area contributed by atoms with Gasteiger partial charge in [-0.25, -0.2) is 4.98 Å². The lowest BCUT2D eigenvalue weighted by Gasteiger charge is -2.21. The second-order valence-corrected chi connectivity index (χ2v) is 5.29. The van der Waals surface area contributed by atoms with Crippen molar-refractivity contribution in [2.45, 2.75) is 57.9 Å². The van der Waals surface area contributed by atoms with Crippen molar-refractivity contribution in [3.63, 3.8) is 0 Å². The van der Waals surface area contributed by atoms with Gasteiger partial charge in [-0.05, 0) is 26.7 Å². The minimum absolute atomic E-state index is 0.365. The molecule has 0 saturated heterocycles. The van der Waals surface area contributed by atoms with Gasteiger partial charge in [0.15, 0.2) is 0 Å². The van der Waals surface area contributed by atoms with Crippen LogP contribution in [-0.2, 0) is 0 Å². The van der Waals surface area contributed by atoms with Gasteiger partial charge in [-0.1, -0.05) is 19.3 Å². The third-order valence-electron chi connectivity index (χ3n) is 3.34. The van der Waals surface area contributed by atoms with Gasteiger partial charge in [0.25, 0.3) is 0 Å². The summed E-state index contributed by atoms with van der Waals surface area (Å²) < 4.78 is 5.28. The van der Waals surface area contributed by atoms with Crippen LogP contribution in [0.1, 0.15) is 57.7 Å². The molecule has 18 heavy (non-hydrogen) atoms. The number of rotatable bonds is 4. The Morgan fingerprint density at radius 3 is 2.56 bits per heavy atom. The molecule has 2 rings (SSSR count). The molecule has 1 aliphatic carbocycles. The fraction of sp³-hybridized carbons (Fsp3) is 0.714. The monoisotopic (exact) mass is 249 g/mol. The summed E-state index contributed by atoms with van der Waals surface area (Å²) in [5.74, 6) is 2.98. The largest absolute Gasteiger partial charge is 0.481 e. The van der Waals surface area contributed by atoms with Gasteiger partial charge in [0, 0.05) is 18.0 Å². The van der Waals surface area contributed by atoms with E-state index in [9.17, 15) is 0 Å². The summed E-state index contributed by atoms with van der Waals surface area (Å²) >= 11 is 0. The van der Waals surface area contributed by atoms with Crippen molar-refractivity contribution in [3.8, 4) is 5.88 Å². The molecular formula is C14H23N3O. The highest BCUT2D eigenvalue weighted by Gasteiger charge is 2.19. The maximum absolute atomic E-state index is 5.28. The van der Waals surface area contributed by atoms with Crippen molar-refractivity contribution in [1.29, 1.82) is 0 Å². The molecule has 0 unspecified atom stereocenters. The van der Waals surface area contributed by atoms with Crippen molar-refractivity contribution in [1.82, 2.24) is 9.97 Å². The molecule has 0 aliphatic heterocycles. The lowest BCUT2D eigenvalue weighted by Crippen LogP contribution is -2.15. The Morgan fingerprint density at radius 2 is 1.94 bits per heavy atom. The zero-order chi connectivity index (χ0) is 13.0. The Morgan fingerprint density at radius 1 is 1.22 bits per heavy atom. The number of ether oxygens (including phenoxy) is 1. The first-order valence-corrected chi connectivity index (χ1v) is 6.88. The van der Waals surface area contributed by atoms with E-state index >= 15 is 0 Å². The Balaban J connectivity index is 2.22. The van der Waals surface area contributed by atoms with E-state index in [1.54, 1.807) is 7.11 Å². The maximum Gasteiger partial charge on any atom is 0.218 e. The van der Waals surface area contributed by atoms with Crippen LogP contribution in [0.15, 0.2) is 6.07 Å². The van der Waals surface area contributed by atoms with Crippen LogP contribution in [-0.4, -0.2) is 23.1 Å². The van der Waals surface area contributed by atoms with Crippen molar-refractivity contribution < 1.29 is 4.74 Å². The highest BCUT2D eigenvalue weighted by Crippen LogP contribution is 2.32. The fourth-order valence-electron chi connectivity index (χ4n) is 2.46. The average molecular weight is 249 g/mol. The predicted molar refractivity (Wildman–Crippen MR) is 73.2 cm³/mol. The number of aromatic nitrogens is 2. The zero-order valence-electron chi connectivity index (χ0n) is 11.6. The van der Waals surface area contributed by atoms with Gasteiger partial charge in [0.05, 0.1) is 7.11 Å². The van der Waals surface area contributed by atoms with Crippen molar-refractivity contribution in [2.24, 2.45) is 0 Å². The van der Waals surface area contributed by atoms with E-state index in [-0.39, 0.29) is 0 Å². The zero-order valence-corrected chi connectivity index (χ0v) is 11.6. The van der Waals surface area contributed by atoms with Crippen LogP contribution in [0, 0.1) is 0 Å². The van der Waals surface area contributed by atoms with E-state index in [0.717, 1.165) is 11.6 Å². The first kappa shape index (κ1) is 13.1. The molecule has 1 fully saturated rings. The molecule has 4 nitrogen and oxygen atoms in total. The lowest BCUT2D eigenvalue weighted by molar-refractivity contribution is 0.383. The average Bonchev–Trinajstić information content (AvgIpc) is 2.38. The predicted octanol–water partition coefficient (Wildman–Crippen LogP) is 3.35. The summed E-state index contributed by atoms with van der Waals surface area (Å²) in [7, 11) is 1.66. The van der Waals surface area contributed by atoms with E-state index in [2.05, 4.69) is 29.1 Å². The van der Waals surface area contributed by atoms with E-state index < -0.39 is 0 Å². The van der Waals surface area contributed by atoms with Gasteiger partial charge in [0.1, 0.15) is 11.6 Å². The standard InChI is InChI=1S/C14H23N3O/c1-10(2)15-12-9-13(18-3)17-14(16-12)11-7-5-4-6-8-11/h9-11H,4-8H2,1-3H3,(H,15,16,17). The highest BCUT2D eigenvalue weighted by molar-refractivity contribution is 5.39. The molecule has 100 valence electrons. The molecule has 0 atom stereocenters. The fourth-order valence-corrected chi connectivity index (χ4v) is 2.46. The molecule has 1 aliphatic rings. The third kappa shape index (κ3) is 3.34. The molecule has 0 bridgehead atoms. The van der Waals surface area contributed by atoms with Crippen LogP contribution >= 0.6 is 0 Å². The van der Waals surface area contributed by atoms with E-state index in [1.807, 2.05) is 6.07 Å². The Kier molecular flexibility index (Phi) is 4.39. The molecule has 1 aromatic rings. The van der Waals surface area contributed by atoms with E-state index in [4.69, 9.17) is 4.74 Å². The normalized spacial score (nSPS) is 16.9. The van der Waals surface area contributed by atoms with Gasteiger partial charge >= 0.3 is 0 Å². The molecule has 1 aromatic heterocycles. The molecule has 0 aromatic carbocycles. The van der Waals surface area contributed by atoms with Crippen LogP contribution in [0.25, 0.3) is 0 Å². The number of nitrogens with zero attached hydrogens (tertiary/aromatic N) is 2. The van der Waals surface area contributed by atoms with Crippen LogP contribution in [0.3, 0.4) is 0 Å². The maximum atomic E-state index is 5.28. The van der Waals surface area contributed by atoms with Gasteiger partial charge in [0.2, 0.25) is 5.88 Å². The van der Waals surface area contributed by atoms with Crippen LogP contribution in [0.4, 0.5) is 5.82 Å². The van der Waals surface area contributed by atoms with Gasteiger partial charge in [-0.15, -0.1) is 0 Å². The summed E-state index contributed by atoms with van der Waals surface area (Å²) in [5.41, 5.74) is 0. The summed E-state index contributed by atoms with van der Waals surface area (Å²) in [6, 6.07) is 2.23. The molecular weight excluding hydrogens is 226 g/mol. The summed E-state index contributed by atoms with van der Waals surface area (Å²) in [6.07, 6.45) is 6.33. The Bertz CT molecular complexity index is 387. The second kappa shape index (κ2) is 6.03. The molecule has 4 heteroatoms. The molecule has 0 radical (unpaired) electrons. The highest BCUT2D eigenvalue weighted by atomic mass is 16.5. The summed E-state index contributed by atoms with van der Waals surface area (Å²) in [4.78, 5) is 9.15. The van der Waals surface area contributed by atoms with Crippen molar-refractivity contribution >= 4 is 5.82 Å². The number of hydrogen-bond acceptors (Lipinski definition) is 4. The summed E-state index contributed by atoms with van der Waals surface area (Å²) in [6.45, 7) is 4.21. The first-order valence-electron chi connectivity index (χ1n) is 6.88. The SMILES string of the molecule is COc1cc(NC(C)C)nc(C2CCCCC2)n1. The van der Waals surface area contributed by atoms with E-state index in [1.165, 1.54) is 32.1 Å². The van der Waals surface area contributed by atoms with Crippen LogP contribution in [0.2, 0.25) is 0 Å². The number of methoxy groups -OCH3 is 1. The molecule has 1 heterocycles. The second-order valence-electron chi connectivity index (χ2n) is 5.29. The Hall–Kier alpha value is -1.32. The smallest absolute Gasteiger partial charge is 0.218 e. The first-order chi connectivity index (χ1) is 8.69. The minimum atomic E-state index is 0.365. The topological polar surface area (TPSA) is 47.0 Å². The van der Waals surface area contributed by atoms with Crippen LogP contribution < -0.4 is 10.1 Å². The Labute approximate surface area is 109 Å². The van der Waals surface area contributed by atoms with Gasteiger partial charge in [-0.2, -0.15) is 4.98 Å². The minimum Gasteiger partial charge on any atom is -0.481 e. The van der Waals surface area contributed by atoms with Gasteiger partial charge < -0.3 is 10.1 Å². The molecule has 1 saturated carbocycles. The molecule has 0 amide bonds. The third-order valence-corrected chi connectivity index (χ3v) is 3.34. The van der Waals surface area contributed by atoms with Crippen LogP contribution in [0.5, 0.6) is 5.88 Å². The van der Waals surface area contributed by atoms with Gasteiger partial charge in [-0.3, -0.25) is 0 Å². The number of hydrogen-bond donors (Lipinski definition) is 1. The molecule has 0 spiro atoms. The summed E-state index contributed by atoms with van der Waals surface area (Å²) in [5, 5.41) is 3.33. The van der Waals surface area contributed by atoms with Crippen molar-refractivity contribution in [3.05, 3.63) is 11.9 Å². The quantitative estimate of drug-likeness (QED) is 0.889. The van der Waals surface area contributed by atoms with Crippen molar-refractivity contribution in [2.75, 3.05) is 12.4 Å². The number of nitrogens with one attached hydrogen (secondary N) is 1. The lowest BCUT2D eigenvalue weighted by atomic mass is 9.89. The van der Waals surface area contributed by atoms with E-state index in [0.29, 0.717) is 17.8 Å². The number of anilines is 1.